The van der Waals surface area contributed by atoms with Crippen LogP contribution in [0.25, 0.3) is 0 Å². The van der Waals surface area contributed by atoms with Gasteiger partial charge in [0.05, 0.1) is 17.9 Å². The Labute approximate surface area is 146 Å². The van der Waals surface area contributed by atoms with Gasteiger partial charge >= 0.3 is 6.18 Å². The third-order valence-electron chi connectivity index (χ3n) is 3.04. The molecule has 0 radical (unpaired) electrons. The molecule has 1 aromatic carbocycles. The molecule has 10 heteroatoms. The van der Waals surface area contributed by atoms with Crippen LogP contribution in [0.4, 0.5) is 24.7 Å². The molecular formula is C15H14ClF3N4O2. The predicted molar refractivity (Wildman–Crippen MR) is 86.0 cm³/mol. The SMILES string of the molecule is COCCNC(=O)c1cc(Nc2ccc(Cl)cc2C(F)(F)F)ncn1. The van der Waals surface area contributed by atoms with Crippen LogP contribution in [0, 0.1) is 0 Å². The van der Waals surface area contributed by atoms with Gasteiger partial charge in [-0.1, -0.05) is 11.6 Å². The molecule has 1 amide bonds. The number of aromatic nitrogens is 2. The number of nitrogens with one attached hydrogen (secondary N) is 2. The summed E-state index contributed by atoms with van der Waals surface area (Å²) in [5.41, 5.74) is -1.16. The number of halogens is 4. The number of amides is 1. The molecular weight excluding hydrogens is 361 g/mol. The summed E-state index contributed by atoms with van der Waals surface area (Å²) >= 11 is 5.64. The summed E-state index contributed by atoms with van der Waals surface area (Å²) in [4.78, 5) is 19.5. The number of anilines is 2. The highest BCUT2D eigenvalue weighted by molar-refractivity contribution is 6.30. The first-order chi connectivity index (χ1) is 11.8. The van der Waals surface area contributed by atoms with Gasteiger partial charge in [0.1, 0.15) is 17.8 Å². The van der Waals surface area contributed by atoms with E-state index in [2.05, 4.69) is 20.6 Å². The van der Waals surface area contributed by atoms with Gasteiger partial charge in [0, 0.05) is 24.7 Å². The van der Waals surface area contributed by atoms with Crippen molar-refractivity contribution in [2.75, 3.05) is 25.6 Å². The fraction of sp³-hybridized carbons (Fsp3) is 0.267. The van der Waals surface area contributed by atoms with Crippen molar-refractivity contribution in [1.82, 2.24) is 15.3 Å². The second-order valence-electron chi connectivity index (χ2n) is 4.85. The molecule has 1 heterocycles. The van der Waals surface area contributed by atoms with Gasteiger partial charge in [0.15, 0.2) is 0 Å². The fourth-order valence-electron chi connectivity index (χ4n) is 1.91. The lowest BCUT2D eigenvalue weighted by Gasteiger charge is -2.14. The normalized spacial score (nSPS) is 11.2. The maximum absolute atomic E-state index is 13.1. The Morgan fingerprint density at radius 2 is 2.04 bits per heavy atom. The molecule has 0 spiro atoms. The van der Waals surface area contributed by atoms with Crippen LogP contribution in [-0.2, 0) is 10.9 Å². The molecule has 0 fully saturated rings. The third-order valence-corrected chi connectivity index (χ3v) is 3.28. The van der Waals surface area contributed by atoms with Crippen LogP contribution in [0.3, 0.4) is 0 Å². The number of ether oxygens (including phenoxy) is 1. The first kappa shape index (κ1) is 18.9. The molecule has 6 nitrogen and oxygen atoms in total. The van der Waals surface area contributed by atoms with Gasteiger partial charge in [0.25, 0.3) is 5.91 Å². The lowest BCUT2D eigenvalue weighted by Crippen LogP contribution is -2.27. The molecule has 2 N–H and O–H groups in total. The highest BCUT2D eigenvalue weighted by Gasteiger charge is 2.34. The second-order valence-corrected chi connectivity index (χ2v) is 5.29. The van der Waals surface area contributed by atoms with Crippen molar-refractivity contribution in [1.29, 1.82) is 0 Å². The van der Waals surface area contributed by atoms with E-state index in [9.17, 15) is 18.0 Å². The smallest absolute Gasteiger partial charge is 0.383 e. The van der Waals surface area contributed by atoms with Crippen molar-refractivity contribution < 1.29 is 22.7 Å². The predicted octanol–water partition coefficient (Wildman–Crippen LogP) is 3.27. The van der Waals surface area contributed by atoms with E-state index in [-0.39, 0.29) is 28.8 Å². The van der Waals surface area contributed by atoms with Crippen LogP contribution < -0.4 is 10.6 Å². The van der Waals surface area contributed by atoms with Crippen molar-refractivity contribution in [3.05, 3.63) is 46.9 Å². The monoisotopic (exact) mass is 374 g/mol. The minimum atomic E-state index is -4.60. The van der Waals surface area contributed by atoms with E-state index in [0.29, 0.717) is 6.61 Å². The van der Waals surface area contributed by atoms with E-state index < -0.39 is 17.6 Å². The van der Waals surface area contributed by atoms with Gasteiger partial charge < -0.3 is 15.4 Å². The molecule has 25 heavy (non-hydrogen) atoms. The van der Waals surface area contributed by atoms with Crippen LogP contribution in [-0.4, -0.2) is 36.1 Å². The summed E-state index contributed by atoms with van der Waals surface area (Å²) in [6.45, 7) is 0.596. The first-order valence-corrected chi connectivity index (χ1v) is 7.42. The van der Waals surface area contributed by atoms with Crippen LogP contribution in [0.5, 0.6) is 0 Å². The van der Waals surface area contributed by atoms with Crippen molar-refractivity contribution >= 4 is 29.0 Å². The van der Waals surface area contributed by atoms with E-state index in [1.807, 2.05) is 0 Å². The van der Waals surface area contributed by atoms with Crippen molar-refractivity contribution in [3.8, 4) is 0 Å². The number of alkyl halides is 3. The van der Waals surface area contributed by atoms with Crippen LogP contribution in [0.2, 0.25) is 5.02 Å². The molecule has 2 rings (SSSR count). The largest absolute Gasteiger partial charge is 0.418 e. The van der Waals surface area contributed by atoms with Crippen LogP contribution >= 0.6 is 11.6 Å². The molecule has 0 saturated heterocycles. The molecule has 0 bridgehead atoms. The Kier molecular flexibility index (Phi) is 6.16. The summed E-state index contributed by atoms with van der Waals surface area (Å²) in [6.07, 6.45) is -3.52. The zero-order valence-corrected chi connectivity index (χ0v) is 13.8. The van der Waals surface area contributed by atoms with Gasteiger partial charge in [-0.2, -0.15) is 13.2 Å². The number of rotatable bonds is 6. The lowest BCUT2D eigenvalue weighted by molar-refractivity contribution is -0.136. The minimum absolute atomic E-state index is 0.0103. The van der Waals surface area contributed by atoms with Gasteiger partial charge in [-0.25, -0.2) is 9.97 Å². The first-order valence-electron chi connectivity index (χ1n) is 7.04. The van der Waals surface area contributed by atoms with Gasteiger partial charge in [-0.15, -0.1) is 0 Å². The number of methoxy groups -OCH3 is 1. The van der Waals surface area contributed by atoms with Crippen molar-refractivity contribution in [2.24, 2.45) is 0 Å². The topological polar surface area (TPSA) is 76.1 Å². The van der Waals surface area contributed by atoms with Crippen molar-refractivity contribution in [3.63, 3.8) is 0 Å². The van der Waals surface area contributed by atoms with Gasteiger partial charge in [-0.3, -0.25) is 4.79 Å². The van der Waals surface area contributed by atoms with E-state index in [4.69, 9.17) is 16.3 Å². The van der Waals surface area contributed by atoms with E-state index in [1.165, 1.54) is 25.3 Å². The Balaban J connectivity index is 2.22. The average molecular weight is 375 g/mol. The number of nitrogens with zero attached hydrogens (tertiary/aromatic N) is 2. The quantitative estimate of drug-likeness (QED) is 0.759. The Hall–Kier alpha value is -2.39. The number of hydrogen-bond donors (Lipinski definition) is 2. The number of benzene rings is 1. The van der Waals surface area contributed by atoms with Crippen molar-refractivity contribution in [2.45, 2.75) is 6.18 Å². The average Bonchev–Trinajstić information content (AvgIpc) is 2.56. The highest BCUT2D eigenvalue weighted by atomic mass is 35.5. The molecule has 1 aromatic heterocycles. The zero-order valence-electron chi connectivity index (χ0n) is 13.0. The molecule has 134 valence electrons. The molecule has 0 saturated carbocycles. The molecule has 0 atom stereocenters. The second kappa shape index (κ2) is 8.13. The van der Waals surface area contributed by atoms with E-state index in [1.54, 1.807) is 0 Å². The molecule has 2 aromatic rings. The molecule has 0 aliphatic carbocycles. The van der Waals surface area contributed by atoms with Crippen LogP contribution in [0.1, 0.15) is 16.1 Å². The number of carbonyl (C=O) groups is 1. The number of carbonyl (C=O) groups excluding carboxylic acids is 1. The maximum atomic E-state index is 13.1. The Morgan fingerprint density at radius 3 is 2.72 bits per heavy atom. The zero-order chi connectivity index (χ0) is 18.4. The summed E-state index contributed by atoms with van der Waals surface area (Å²) in [6, 6.07) is 4.56. The molecule has 0 aliphatic heterocycles. The van der Waals surface area contributed by atoms with E-state index >= 15 is 0 Å². The molecule has 0 unspecified atom stereocenters. The Morgan fingerprint density at radius 1 is 1.28 bits per heavy atom. The Bertz CT molecular complexity index is 756. The summed E-state index contributed by atoms with van der Waals surface area (Å²) in [5, 5.41) is 5.05. The molecule has 0 aliphatic rings. The highest BCUT2D eigenvalue weighted by Crippen LogP contribution is 2.37. The fourth-order valence-corrected chi connectivity index (χ4v) is 2.08. The van der Waals surface area contributed by atoms with Gasteiger partial charge in [0.2, 0.25) is 0 Å². The lowest BCUT2D eigenvalue weighted by atomic mass is 10.1. The van der Waals surface area contributed by atoms with E-state index in [0.717, 1.165) is 12.4 Å². The number of hydrogen-bond acceptors (Lipinski definition) is 5. The maximum Gasteiger partial charge on any atom is 0.418 e. The van der Waals surface area contributed by atoms with Crippen LogP contribution in [0.15, 0.2) is 30.6 Å². The third kappa shape index (κ3) is 5.30. The summed E-state index contributed by atoms with van der Waals surface area (Å²) in [7, 11) is 1.49. The minimum Gasteiger partial charge on any atom is -0.383 e. The summed E-state index contributed by atoms with van der Waals surface area (Å²) in [5.74, 6) is -0.450. The van der Waals surface area contributed by atoms with Gasteiger partial charge in [-0.05, 0) is 18.2 Å². The standard InChI is InChI=1S/C15H14ClF3N4O2/c1-25-5-4-20-14(24)12-7-13(22-8-21-12)23-11-3-2-9(16)6-10(11)15(17,18)19/h2-3,6-8H,4-5H2,1H3,(H,20,24)(H,21,22,23). The summed E-state index contributed by atoms with van der Waals surface area (Å²) < 4.78 is 44.1.